The summed E-state index contributed by atoms with van der Waals surface area (Å²) in [7, 11) is -6.59. The highest BCUT2D eigenvalue weighted by Crippen LogP contribution is 2.66. The molecular formula is C30H39F5O10S. The van der Waals surface area contributed by atoms with Gasteiger partial charge < -0.3 is 9.47 Å². The van der Waals surface area contributed by atoms with Gasteiger partial charge in [-0.15, -0.1) is 0 Å². The van der Waals surface area contributed by atoms with E-state index in [1.807, 2.05) is 13.8 Å². The van der Waals surface area contributed by atoms with Crippen LogP contribution in [0, 0.1) is 46.3 Å². The van der Waals surface area contributed by atoms with Crippen LogP contribution in [-0.4, -0.2) is 66.4 Å². The molecule has 0 spiro atoms. The van der Waals surface area contributed by atoms with E-state index in [0.717, 1.165) is 0 Å². The minimum absolute atomic E-state index is 0.0488. The normalized spacial score (nSPS) is 34.6. The fourth-order valence-corrected chi connectivity index (χ4v) is 9.36. The number of hydrogen-bond acceptors (Lipinski definition) is 9. The molecule has 260 valence electrons. The van der Waals surface area contributed by atoms with Crippen molar-refractivity contribution in [2.45, 2.75) is 103 Å². The zero-order chi connectivity index (χ0) is 34.6. The number of fused-ring (bicyclic) bond motifs is 5. The zero-order valence-electron chi connectivity index (χ0n) is 25.7. The molecule has 4 saturated carbocycles. The number of alkyl halides is 5. The second-order valence-corrected chi connectivity index (χ2v) is 15.4. The molecule has 0 aromatic heterocycles. The molecule has 4 rings (SSSR count). The third-order valence-electron chi connectivity index (χ3n) is 11.5. The lowest BCUT2D eigenvalue weighted by Gasteiger charge is -2.58. The first kappa shape index (κ1) is 36.3. The van der Waals surface area contributed by atoms with Gasteiger partial charge >= 0.3 is 33.5 Å². The molecule has 0 aromatic rings. The van der Waals surface area contributed by atoms with E-state index in [1.165, 1.54) is 0 Å². The summed E-state index contributed by atoms with van der Waals surface area (Å²) in [6.45, 7) is 5.06. The molecule has 0 amide bonds. The largest absolute Gasteiger partial charge is 0.465 e. The van der Waals surface area contributed by atoms with Crippen LogP contribution in [-0.2, 0) is 43.6 Å². The zero-order valence-corrected chi connectivity index (χ0v) is 26.6. The molecule has 4 aliphatic carbocycles. The molecule has 9 atom stereocenters. The molecule has 1 N–H and O–H groups in total. The van der Waals surface area contributed by atoms with Gasteiger partial charge in [-0.05, 0) is 60.7 Å². The van der Waals surface area contributed by atoms with Crippen LogP contribution in [0.5, 0.6) is 0 Å². The monoisotopic (exact) mass is 686 g/mol. The Bertz CT molecular complexity index is 1380. The maximum absolute atomic E-state index is 13.9. The molecule has 0 heterocycles. The lowest BCUT2D eigenvalue weighted by atomic mass is 9.44. The number of rotatable bonds is 10. The molecule has 0 bridgehead atoms. The van der Waals surface area contributed by atoms with Crippen LogP contribution < -0.4 is 0 Å². The molecule has 4 fully saturated rings. The molecule has 4 aliphatic rings. The van der Waals surface area contributed by atoms with Gasteiger partial charge in [0.05, 0.1) is 6.42 Å². The molecule has 0 saturated heterocycles. The summed E-state index contributed by atoms with van der Waals surface area (Å²) in [5.41, 5.74) is -1.04. The van der Waals surface area contributed by atoms with Gasteiger partial charge in [0.1, 0.15) is 24.0 Å². The lowest BCUT2D eigenvalue weighted by Crippen LogP contribution is -2.60. The highest BCUT2D eigenvalue weighted by Gasteiger charge is 2.67. The van der Waals surface area contributed by atoms with Crippen molar-refractivity contribution in [3.8, 4) is 0 Å². The van der Waals surface area contributed by atoms with E-state index >= 15 is 0 Å². The summed E-state index contributed by atoms with van der Waals surface area (Å²) >= 11 is 0. The Morgan fingerprint density at radius 1 is 0.978 bits per heavy atom. The second-order valence-electron chi connectivity index (χ2n) is 13.9. The van der Waals surface area contributed by atoms with Gasteiger partial charge in [0.25, 0.3) is 6.10 Å². The fraction of sp³-hybridized carbons (Fsp3) is 0.833. The van der Waals surface area contributed by atoms with Crippen molar-refractivity contribution in [2.24, 2.45) is 46.3 Å². The van der Waals surface area contributed by atoms with E-state index in [4.69, 9.17) is 9.29 Å². The van der Waals surface area contributed by atoms with Crippen LogP contribution in [0.3, 0.4) is 0 Å². The second kappa shape index (κ2) is 12.5. The van der Waals surface area contributed by atoms with Crippen molar-refractivity contribution in [3.05, 3.63) is 0 Å². The van der Waals surface area contributed by atoms with Gasteiger partial charge in [-0.1, -0.05) is 20.8 Å². The Morgan fingerprint density at radius 2 is 1.63 bits per heavy atom. The van der Waals surface area contributed by atoms with E-state index < -0.39 is 58.0 Å². The Morgan fingerprint density at radius 3 is 2.24 bits per heavy atom. The topological polar surface area (TPSA) is 158 Å². The summed E-state index contributed by atoms with van der Waals surface area (Å²) in [6, 6.07) is 0. The van der Waals surface area contributed by atoms with Gasteiger partial charge in [0, 0.05) is 43.4 Å². The quantitative estimate of drug-likeness (QED) is 0.191. The highest BCUT2D eigenvalue weighted by molar-refractivity contribution is 7.86. The van der Waals surface area contributed by atoms with Gasteiger partial charge in [-0.25, -0.2) is 0 Å². The number of halogens is 5. The minimum Gasteiger partial charge on any atom is -0.465 e. The summed E-state index contributed by atoms with van der Waals surface area (Å²) in [5.74, 6) is -3.32. The van der Waals surface area contributed by atoms with Crippen molar-refractivity contribution >= 4 is 39.4 Å². The summed E-state index contributed by atoms with van der Waals surface area (Å²) < 4.78 is 104. The maximum Gasteiger partial charge on any atom is 0.432 e. The van der Waals surface area contributed by atoms with E-state index in [0.29, 0.717) is 38.5 Å². The molecule has 0 aliphatic heterocycles. The first-order valence-electron chi connectivity index (χ1n) is 15.4. The Kier molecular flexibility index (Phi) is 9.89. The van der Waals surface area contributed by atoms with Crippen LogP contribution in [0.15, 0.2) is 0 Å². The fourth-order valence-electron chi connectivity index (χ4n) is 8.91. The Hall–Kier alpha value is -2.49. The third-order valence-corrected chi connectivity index (χ3v) is 12.4. The predicted molar refractivity (Wildman–Crippen MR) is 147 cm³/mol. The highest BCUT2D eigenvalue weighted by atomic mass is 32.2. The summed E-state index contributed by atoms with van der Waals surface area (Å²) in [5, 5.41) is -5.87. The van der Waals surface area contributed by atoms with Crippen molar-refractivity contribution in [2.75, 3.05) is 6.61 Å². The van der Waals surface area contributed by atoms with E-state index in [1.54, 1.807) is 0 Å². The van der Waals surface area contributed by atoms with Crippen LogP contribution in [0.4, 0.5) is 22.0 Å². The van der Waals surface area contributed by atoms with Crippen LogP contribution in [0.1, 0.15) is 85.0 Å². The number of ketones is 3. The van der Waals surface area contributed by atoms with Gasteiger partial charge in [0.2, 0.25) is 0 Å². The number of Topliss-reactive ketones (excluding diaryl/α,β-unsaturated/α-hetero) is 3. The van der Waals surface area contributed by atoms with Crippen molar-refractivity contribution < 1.29 is 68.4 Å². The SMILES string of the molecule is C[C@H](CCC(=O)OCCC(=O)OC(C(F)(F)F)C(F)(F)S(=O)(=O)O)[C@H]1CC[C@H]2[C@@H]3C(=O)CC4CC(=O)CC[C@]4(C)[C@H]3CC(=O)[C@]12C. The number of hydrogen-bond donors (Lipinski definition) is 1. The first-order chi connectivity index (χ1) is 21.0. The molecular weight excluding hydrogens is 647 g/mol. The summed E-state index contributed by atoms with van der Waals surface area (Å²) in [4.78, 5) is 63.6. The van der Waals surface area contributed by atoms with Crippen LogP contribution in [0.25, 0.3) is 0 Å². The minimum atomic E-state index is -6.59. The Balaban J connectivity index is 1.31. The number of ether oxygens (including phenoxy) is 2. The van der Waals surface area contributed by atoms with E-state index in [2.05, 4.69) is 11.7 Å². The van der Waals surface area contributed by atoms with Crippen LogP contribution >= 0.6 is 0 Å². The van der Waals surface area contributed by atoms with Crippen LogP contribution in [0.2, 0.25) is 0 Å². The number of carbonyl (C=O) groups is 5. The average Bonchev–Trinajstić information content (AvgIpc) is 3.29. The number of esters is 2. The Labute approximate surface area is 263 Å². The summed E-state index contributed by atoms with van der Waals surface area (Å²) in [6.07, 6.45) is -8.13. The number of carbonyl (C=O) groups excluding carboxylic acids is 5. The van der Waals surface area contributed by atoms with E-state index in [9.17, 15) is 54.3 Å². The van der Waals surface area contributed by atoms with Gasteiger partial charge in [-0.2, -0.15) is 30.4 Å². The molecule has 46 heavy (non-hydrogen) atoms. The third kappa shape index (κ3) is 6.48. The van der Waals surface area contributed by atoms with Gasteiger partial charge in [-0.3, -0.25) is 28.5 Å². The molecule has 10 nitrogen and oxygen atoms in total. The maximum atomic E-state index is 13.9. The molecule has 2 unspecified atom stereocenters. The van der Waals surface area contributed by atoms with Crippen molar-refractivity contribution in [1.29, 1.82) is 0 Å². The predicted octanol–water partition coefficient (Wildman–Crippen LogP) is 4.88. The molecule has 16 heteroatoms. The van der Waals surface area contributed by atoms with Crippen molar-refractivity contribution in [3.63, 3.8) is 0 Å². The standard InChI is InChI=1S/C30H39F5O10S/c1-15(4-7-23(39)44-11-9-24(40)45-26(29(31,32)33)30(34,35)46(41,42)43)18-5-6-19-25-20(14-22(38)28(18,19)3)27(2)10-8-17(36)12-16(27)13-21(25)37/h15-16,18-20,25-26H,4-14H2,1-3H3,(H,41,42,43)/t15-,16?,18-,19+,20+,25+,26?,27+,28-/m1/s1. The first-order valence-corrected chi connectivity index (χ1v) is 16.8. The molecule has 0 aromatic carbocycles. The van der Waals surface area contributed by atoms with Gasteiger partial charge in [0.15, 0.2) is 0 Å². The smallest absolute Gasteiger partial charge is 0.432 e. The van der Waals surface area contributed by atoms with Crippen molar-refractivity contribution in [1.82, 2.24) is 0 Å². The average molecular weight is 687 g/mol. The lowest BCUT2D eigenvalue weighted by molar-refractivity contribution is -0.259. The molecule has 0 radical (unpaired) electrons. The van der Waals surface area contributed by atoms with E-state index in [-0.39, 0.29) is 77.5 Å².